The van der Waals surface area contributed by atoms with Crippen LogP contribution in [0.4, 0.5) is 0 Å². The molecule has 126 valence electrons. The molecular weight excluding hydrogens is 314 g/mol. The number of amides is 1. The van der Waals surface area contributed by atoms with Gasteiger partial charge in [-0.1, -0.05) is 54.6 Å². The van der Waals surface area contributed by atoms with Crippen LogP contribution in [0.2, 0.25) is 0 Å². The van der Waals surface area contributed by atoms with E-state index >= 15 is 0 Å². The summed E-state index contributed by atoms with van der Waals surface area (Å²) in [6, 6.07) is 21.0. The fourth-order valence-corrected chi connectivity index (χ4v) is 2.57. The smallest absolute Gasteiger partial charge is 0.325 e. The van der Waals surface area contributed by atoms with Gasteiger partial charge in [-0.05, 0) is 41.0 Å². The van der Waals surface area contributed by atoms with Crippen molar-refractivity contribution in [2.75, 3.05) is 6.54 Å². The minimum atomic E-state index is -0.461. The molecule has 0 heterocycles. The largest absolute Gasteiger partial charge is 0.459 e. The van der Waals surface area contributed by atoms with Crippen LogP contribution in [0.5, 0.6) is 0 Å². The van der Waals surface area contributed by atoms with Gasteiger partial charge < -0.3 is 10.1 Å². The Morgan fingerprint density at radius 3 is 2.44 bits per heavy atom. The van der Waals surface area contributed by atoms with E-state index in [2.05, 4.69) is 5.32 Å². The van der Waals surface area contributed by atoms with Crippen LogP contribution in [-0.4, -0.2) is 18.4 Å². The highest BCUT2D eigenvalue weighted by Crippen LogP contribution is 2.15. The second-order valence-electron chi connectivity index (χ2n) is 5.83. The fourth-order valence-electron chi connectivity index (χ4n) is 2.57. The molecule has 0 fully saturated rings. The van der Waals surface area contributed by atoms with Gasteiger partial charge in [-0.2, -0.15) is 0 Å². The van der Waals surface area contributed by atoms with E-state index in [0.29, 0.717) is 5.56 Å². The van der Waals surface area contributed by atoms with Gasteiger partial charge in [0.25, 0.3) is 5.91 Å². The second kappa shape index (κ2) is 7.62. The first-order chi connectivity index (χ1) is 12.1. The molecule has 0 bridgehead atoms. The van der Waals surface area contributed by atoms with Gasteiger partial charge >= 0.3 is 5.97 Å². The zero-order valence-corrected chi connectivity index (χ0v) is 14.0. The van der Waals surface area contributed by atoms with Gasteiger partial charge in [0, 0.05) is 5.56 Å². The molecule has 0 aliphatic rings. The molecule has 3 rings (SSSR count). The van der Waals surface area contributed by atoms with E-state index in [9.17, 15) is 9.59 Å². The molecular formula is C21H19NO3. The normalized spacial score (nSPS) is 10.4. The van der Waals surface area contributed by atoms with E-state index in [0.717, 1.165) is 21.9 Å². The Bertz CT molecular complexity index is 918. The van der Waals surface area contributed by atoms with Crippen molar-refractivity contribution >= 4 is 22.6 Å². The lowest BCUT2D eigenvalue weighted by molar-refractivity contribution is -0.143. The molecule has 1 N–H and O–H groups in total. The molecule has 0 aliphatic carbocycles. The Morgan fingerprint density at radius 1 is 0.920 bits per heavy atom. The average Bonchev–Trinajstić information content (AvgIpc) is 2.65. The predicted molar refractivity (Wildman–Crippen MR) is 97.3 cm³/mol. The van der Waals surface area contributed by atoms with Crippen LogP contribution in [0.15, 0.2) is 66.7 Å². The maximum absolute atomic E-state index is 12.2. The molecule has 4 heteroatoms. The lowest BCUT2D eigenvalue weighted by atomic mass is 10.1. The number of nitrogens with one attached hydrogen (secondary N) is 1. The van der Waals surface area contributed by atoms with Crippen molar-refractivity contribution in [3.8, 4) is 0 Å². The maximum Gasteiger partial charge on any atom is 0.325 e. The van der Waals surface area contributed by atoms with Gasteiger partial charge in [-0.25, -0.2) is 0 Å². The molecule has 4 nitrogen and oxygen atoms in total. The highest BCUT2D eigenvalue weighted by molar-refractivity contribution is 5.99. The number of fused-ring (bicyclic) bond motifs is 1. The third-order valence-electron chi connectivity index (χ3n) is 4.05. The first-order valence-electron chi connectivity index (χ1n) is 8.10. The third kappa shape index (κ3) is 4.23. The van der Waals surface area contributed by atoms with Gasteiger partial charge in [0.2, 0.25) is 0 Å². The molecule has 1 amide bonds. The Morgan fingerprint density at radius 2 is 1.64 bits per heavy atom. The molecule has 3 aromatic rings. The van der Waals surface area contributed by atoms with Crippen LogP contribution >= 0.6 is 0 Å². The van der Waals surface area contributed by atoms with Gasteiger partial charge in [0.1, 0.15) is 13.2 Å². The molecule has 3 aromatic carbocycles. The van der Waals surface area contributed by atoms with E-state index in [1.54, 1.807) is 6.07 Å². The molecule has 0 unspecified atom stereocenters. The van der Waals surface area contributed by atoms with Crippen molar-refractivity contribution in [1.29, 1.82) is 0 Å². The summed E-state index contributed by atoms with van der Waals surface area (Å²) >= 11 is 0. The lowest BCUT2D eigenvalue weighted by Crippen LogP contribution is -2.30. The molecule has 0 aliphatic heterocycles. The maximum atomic E-state index is 12.2. The van der Waals surface area contributed by atoms with Gasteiger partial charge in [-0.15, -0.1) is 0 Å². The standard InChI is InChI=1S/C21H19NO3/c1-15-6-2-3-9-19(15)14-25-20(23)13-22-21(24)18-11-10-16-7-4-5-8-17(16)12-18/h2-12H,13-14H2,1H3,(H,22,24). The number of ether oxygens (including phenoxy) is 1. The number of carbonyl (C=O) groups is 2. The Hall–Kier alpha value is -3.14. The number of carbonyl (C=O) groups excluding carboxylic acids is 2. The number of benzene rings is 3. The molecule has 0 aromatic heterocycles. The van der Waals surface area contributed by atoms with Crippen LogP contribution in [0.3, 0.4) is 0 Å². The zero-order valence-electron chi connectivity index (χ0n) is 14.0. The summed E-state index contributed by atoms with van der Waals surface area (Å²) in [6.45, 7) is 2.01. The summed E-state index contributed by atoms with van der Waals surface area (Å²) in [6.07, 6.45) is 0. The summed E-state index contributed by atoms with van der Waals surface area (Å²) < 4.78 is 5.21. The number of hydrogen-bond donors (Lipinski definition) is 1. The molecule has 0 saturated heterocycles. The molecule has 0 radical (unpaired) electrons. The topological polar surface area (TPSA) is 55.4 Å². The minimum Gasteiger partial charge on any atom is -0.459 e. The number of rotatable bonds is 5. The highest BCUT2D eigenvalue weighted by atomic mass is 16.5. The summed E-state index contributed by atoms with van der Waals surface area (Å²) in [5.41, 5.74) is 2.54. The van der Waals surface area contributed by atoms with Crippen molar-refractivity contribution in [3.05, 3.63) is 83.4 Å². The second-order valence-corrected chi connectivity index (χ2v) is 5.83. The van der Waals surface area contributed by atoms with Crippen molar-refractivity contribution < 1.29 is 14.3 Å². The van der Waals surface area contributed by atoms with Crippen LogP contribution in [0, 0.1) is 6.92 Å². The predicted octanol–water partition coefficient (Wildman–Crippen LogP) is 3.62. The summed E-state index contributed by atoms with van der Waals surface area (Å²) in [4.78, 5) is 24.0. The quantitative estimate of drug-likeness (QED) is 0.726. The average molecular weight is 333 g/mol. The van der Waals surface area contributed by atoms with Crippen molar-refractivity contribution in [2.24, 2.45) is 0 Å². The molecule has 0 spiro atoms. The first kappa shape index (κ1) is 16.7. The van der Waals surface area contributed by atoms with Gasteiger partial charge in [-0.3, -0.25) is 9.59 Å². The van der Waals surface area contributed by atoms with Crippen LogP contribution in [0.25, 0.3) is 10.8 Å². The van der Waals surface area contributed by atoms with E-state index in [1.807, 2.05) is 67.6 Å². The van der Waals surface area contributed by atoms with Crippen LogP contribution < -0.4 is 5.32 Å². The Balaban J connectivity index is 1.54. The summed E-state index contributed by atoms with van der Waals surface area (Å²) in [5, 5.41) is 4.65. The summed E-state index contributed by atoms with van der Waals surface area (Å²) in [5.74, 6) is -0.754. The van der Waals surface area contributed by atoms with Crippen molar-refractivity contribution in [2.45, 2.75) is 13.5 Å². The van der Waals surface area contributed by atoms with E-state index in [4.69, 9.17) is 4.74 Å². The summed E-state index contributed by atoms with van der Waals surface area (Å²) in [7, 11) is 0. The Labute approximate surface area is 146 Å². The number of esters is 1. The van der Waals surface area contributed by atoms with E-state index < -0.39 is 5.97 Å². The lowest BCUT2D eigenvalue weighted by Gasteiger charge is -2.09. The monoisotopic (exact) mass is 333 g/mol. The highest BCUT2D eigenvalue weighted by Gasteiger charge is 2.10. The number of aryl methyl sites for hydroxylation is 1. The fraction of sp³-hybridized carbons (Fsp3) is 0.143. The molecule has 25 heavy (non-hydrogen) atoms. The molecule has 0 saturated carbocycles. The molecule has 0 atom stereocenters. The minimum absolute atomic E-state index is 0.155. The van der Waals surface area contributed by atoms with E-state index in [-0.39, 0.29) is 19.1 Å². The van der Waals surface area contributed by atoms with E-state index in [1.165, 1.54) is 0 Å². The van der Waals surface area contributed by atoms with Crippen LogP contribution in [0.1, 0.15) is 21.5 Å². The van der Waals surface area contributed by atoms with Crippen molar-refractivity contribution in [1.82, 2.24) is 5.32 Å². The first-order valence-corrected chi connectivity index (χ1v) is 8.10. The third-order valence-corrected chi connectivity index (χ3v) is 4.05. The number of hydrogen-bond acceptors (Lipinski definition) is 3. The van der Waals surface area contributed by atoms with Gasteiger partial charge in [0.05, 0.1) is 0 Å². The van der Waals surface area contributed by atoms with Gasteiger partial charge in [0.15, 0.2) is 0 Å². The zero-order chi connectivity index (χ0) is 17.6. The van der Waals surface area contributed by atoms with Crippen molar-refractivity contribution in [3.63, 3.8) is 0 Å². The van der Waals surface area contributed by atoms with Crippen LogP contribution in [-0.2, 0) is 16.1 Å². The SMILES string of the molecule is Cc1ccccc1COC(=O)CNC(=O)c1ccc2ccccc2c1. The Kier molecular flexibility index (Phi) is 5.09.